The molecule has 186 valence electrons. The molecule has 0 saturated carbocycles. The molecule has 35 heavy (non-hydrogen) atoms. The number of amides is 3. The Morgan fingerprint density at radius 2 is 1.37 bits per heavy atom. The van der Waals surface area contributed by atoms with E-state index in [-0.39, 0.29) is 35.9 Å². The first kappa shape index (κ1) is 24.7. The minimum Gasteiger partial charge on any atom is -0.493 e. The average Bonchev–Trinajstić information content (AvgIpc) is 2.90. The maximum absolute atomic E-state index is 13.1. The van der Waals surface area contributed by atoms with Gasteiger partial charge in [0.1, 0.15) is 11.6 Å². The Morgan fingerprint density at radius 3 is 2.03 bits per heavy atom. The molecule has 4 rings (SSSR count). The van der Waals surface area contributed by atoms with E-state index < -0.39 is 0 Å². The average molecular weight is 482 g/mol. The van der Waals surface area contributed by atoms with Gasteiger partial charge >= 0.3 is 0 Å². The fourth-order valence-electron chi connectivity index (χ4n) is 4.63. The highest BCUT2D eigenvalue weighted by Crippen LogP contribution is 2.21. The van der Waals surface area contributed by atoms with Crippen molar-refractivity contribution in [2.24, 2.45) is 5.92 Å². The van der Waals surface area contributed by atoms with Gasteiger partial charge in [-0.05, 0) is 42.7 Å². The Bertz CT molecular complexity index is 999. The molecular formula is C27H32FN3O4. The molecule has 2 aliphatic rings. The van der Waals surface area contributed by atoms with Gasteiger partial charge in [-0.2, -0.15) is 0 Å². The van der Waals surface area contributed by atoms with E-state index in [2.05, 4.69) is 0 Å². The van der Waals surface area contributed by atoms with E-state index in [1.54, 1.807) is 17.0 Å². The van der Waals surface area contributed by atoms with Gasteiger partial charge in [-0.25, -0.2) is 4.39 Å². The molecule has 0 unspecified atom stereocenters. The molecular weight excluding hydrogens is 449 g/mol. The van der Waals surface area contributed by atoms with E-state index in [9.17, 15) is 18.8 Å². The maximum Gasteiger partial charge on any atom is 0.227 e. The van der Waals surface area contributed by atoms with Gasteiger partial charge < -0.3 is 19.4 Å². The van der Waals surface area contributed by atoms with Crippen LogP contribution < -0.4 is 4.74 Å². The molecule has 2 saturated heterocycles. The lowest BCUT2D eigenvalue weighted by atomic mass is 9.94. The lowest BCUT2D eigenvalue weighted by Gasteiger charge is -2.38. The van der Waals surface area contributed by atoms with Gasteiger partial charge in [0.05, 0.1) is 19.4 Å². The number of hydrogen-bond donors (Lipinski definition) is 0. The standard InChI is InChI=1S/C27H32FN3O4/c28-23-8-6-21(7-9-23)20-26(33)30-15-17-31(18-16-30)27(34)22-10-13-29(14-11-22)25(32)12-19-35-24-4-2-1-3-5-24/h1-9,22H,10-20H2. The van der Waals surface area contributed by atoms with E-state index in [0.29, 0.717) is 65.1 Å². The zero-order chi connectivity index (χ0) is 24.6. The summed E-state index contributed by atoms with van der Waals surface area (Å²) in [4.78, 5) is 43.5. The summed E-state index contributed by atoms with van der Waals surface area (Å²) < 4.78 is 18.7. The Balaban J connectivity index is 1.15. The van der Waals surface area contributed by atoms with Crippen LogP contribution in [0.25, 0.3) is 0 Å². The van der Waals surface area contributed by atoms with Gasteiger partial charge in [0.25, 0.3) is 0 Å². The quantitative estimate of drug-likeness (QED) is 0.610. The molecule has 7 nitrogen and oxygen atoms in total. The number of ether oxygens (including phenoxy) is 1. The normalized spacial score (nSPS) is 16.8. The van der Waals surface area contributed by atoms with Crippen LogP contribution in [-0.2, 0) is 20.8 Å². The Labute approximate surface area is 205 Å². The molecule has 2 aromatic rings. The summed E-state index contributed by atoms with van der Waals surface area (Å²) >= 11 is 0. The number of carbonyl (C=O) groups is 3. The smallest absolute Gasteiger partial charge is 0.227 e. The zero-order valence-corrected chi connectivity index (χ0v) is 19.9. The molecule has 3 amide bonds. The summed E-state index contributed by atoms with van der Waals surface area (Å²) in [5.74, 6) is 0.519. The number of benzene rings is 2. The number of nitrogens with zero attached hydrogens (tertiary/aromatic N) is 3. The van der Waals surface area contributed by atoms with Crippen molar-refractivity contribution in [3.8, 4) is 5.75 Å². The van der Waals surface area contributed by atoms with Crippen LogP contribution in [0.15, 0.2) is 54.6 Å². The SMILES string of the molecule is O=C(CCOc1ccccc1)N1CCC(C(=O)N2CCN(C(=O)Cc3ccc(F)cc3)CC2)CC1. The maximum atomic E-state index is 13.1. The highest BCUT2D eigenvalue weighted by Gasteiger charge is 2.32. The van der Waals surface area contributed by atoms with Crippen molar-refractivity contribution in [3.63, 3.8) is 0 Å². The van der Waals surface area contributed by atoms with Crippen LogP contribution in [-0.4, -0.2) is 78.3 Å². The highest BCUT2D eigenvalue weighted by molar-refractivity contribution is 5.81. The number of hydrogen-bond acceptors (Lipinski definition) is 4. The summed E-state index contributed by atoms with van der Waals surface area (Å²) in [5, 5.41) is 0. The molecule has 0 radical (unpaired) electrons. The van der Waals surface area contributed by atoms with Crippen molar-refractivity contribution >= 4 is 17.7 Å². The van der Waals surface area contributed by atoms with E-state index >= 15 is 0 Å². The molecule has 0 aliphatic carbocycles. The second-order valence-corrected chi connectivity index (χ2v) is 9.08. The summed E-state index contributed by atoms with van der Waals surface area (Å²) in [5.41, 5.74) is 0.780. The van der Waals surface area contributed by atoms with Gasteiger partial charge in [0, 0.05) is 45.2 Å². The van der Waals surface area contributed by atoms with Crippen LogP contribution in [0.5, 0.6) is 5.75 Å². The molecule has 8 heteroatoms. The van der Waals surface area contributed by atoms with Gasteiger partial charge in [-0.1, -0.05) is 30.3 Å². The molecule has 0 aromatic heterocycles. The third kappa shape index (κ3) is 6.81. The van der Waals surface area contributed by atoms with E-state index in [0.717, 1.165) is 11.3 Å². The number of halogens is 1. The molecule has 2 aromatic carbocycles. The highest BCUT2D eigenvalue weighted by atomic mass is 19.1. The number of rotatable bonds is 7. The number of piperidine rings is 1. The fraction of sp³-hybridized carbons (Fsp3) is 0.444. The van der Waals surface area contributed by atoms with Crippen LogP contribution in [0.4, 0.5) is 4.39 Å². The van der Waals surface area contributed by atoms with Crippen LogP contribution in [0, 0.1) is 11.7 Å². The van der Waals surface area contributed by atoms with Gasteiger partial charge in [-0.15, -0.1) is 0 Å². The monoisotopic (exact) mass is 481 g/mol. The third-order valence-electron chi connectivity index (χ3n) is 6.74. The van der Waals surface area contributed by atoms with Crippen LogP contribution in [0.2, 0.25) is 0 Å². The van der Waals surface area contributed by atoms with E-state index in [1.165, 1.54) is 12.1 Å². The van der Waals surface area contributed by atoms with Crippen LogP contribution in [0.3, 0.4) is 0 Å². The van der Waals surface area contributed by atoms with E-state index in [1.807, 2.05) is 40.1 Å². The van der Waals surface area contributed by atoms with Crippen LogP contribution >= 0.6 is 0 Å². The minimum atomic E-state index is -0.319. The molecule has 0 atom stereocenters. The molecule has 2 aliphatic heterocycles. The van der Waals surface area contributed by atoms with Gasteiger partial charge in [-0.3, -0.25) is 14.4 Å². The molecule has 0 spiro atoms. The molecule has 2 heterocycles. The first-order valence-corrected chi connectivity index (χ1v) is 12.3. The molecule has 0 N–H and O–H groups in total. The van der Waals surface area contributed by atoms with Gasteiger partial charge in [0.15, 0.2) is 0 Å². The lowest BCUT2D eigenvalue weighted by Crippen LogP contribution is -2.53. The van der Waals surface area contributed by atoms with Gasteiger partial charge in [0.2, 0.25) is 17.7 Å². The number of piperazine rings is 1. The summed E-state index contributed by atoms with van der Waals surface area (Å²) in [7, 11) is 0. The number of carbonyl (C=O) groups excluding carboxylic acids is 3. The Kier molecular flexibility index (Phi) is 8.34. The second-order valence-electron chi connectivity index (χ2n) is 9.08. The summed E-state index contributed by atoms with van der Waals surface area (Å²) in [6, 6.07) is 15.4. The molecule has 2 fully saturated rings. The van der Waals surface area contributed by atoms with E-state index in [4.69, 9.17) is 4.74 Å². The summed E-state index contributed by atoms with van der Waals surface area (Å²) in [6.45, 7) is 3.54. The predicted molar refractivity (Wildman–Crippen MR) is 129 cm³/mol. The first-order valence-electron chi connectivity index (χ1n) is 12.3. The van der Waals surface area contributed by atoms with Crippen molar-refractivity contribution in [1.82, 2.24) is 14.7 Å². The first-order chi connectivity index (χ1) is 17.0. The molecule has 0 bridgehead atoms. The van der Waals surface area contributed by atoms with Crippen molar-refractivity contribution < 1.29 is 23.5 Å². The largest absolute Gasteiger partial charge is 0.493 e. The van der Waals surface area contributed by atoms with Crippen molar-refractivity contribution in [3.05, 3.63) is 66.0 Å². The third-order valence-corrected chi connectivity index (χ3v) is 6.74. The van der Waals surface area contributed by atoms with Crippen molar-refractivity contribution in [2.45, 2.75) is 25.7 Å². The number of para-hydroxylation sites is 1. The number of likely N-dealkylation sites (tertiary alicyclic amines) is 1. The van der Waals surface area contributed by atoms with Crippen LogP contribution in [0.1, 0.15) is 24.8 Å². The topological polar surface area (TPSA) is 70.2 Å². The minimum absolute atomic E-state index is 0.00762. The Hall–Kier alpha value is -3.42. The Morgan fingerprint density at radius 1 is 0.771 bits per heavy atom. The summed E-state index contributed by atoms with van der Waals surface area (Å²) in [6.07, 6.45) is 1.88. The van der Waals surface area contributed by atoms with Crippen molar-refractivity contribution in [2.75, 3.05) is 45.9 Å². The van der Waals surface area contributed by atoms with Crippen molar-refractivity contribution in [1.29, 1.82) is 0 Å². The zero-order valence-electron chi connectivity index (χ0n) is 19.9. The predicted octanol–water partition coefficient (Wildman–Crippen LogP) is 2.75. The lowest BCUT2D eigenvalue weighted by molar-refractivity contribution is -0.144. The fourth-order valence-corrected chi connectivity index (χ4v) is 4.63. The second kappa shape index (κ2) is 11.8.